The van der Waals surface area contributed by atoms with Crippen molar-refractivity contribution in [3.63, 3.8) is 0 Å². The average Bonchev–Trinajstić information content (AvgIpc) is 3.16. The molecule has 0 bridgehead atoms. The van der Waals surface area contributed by atoms with E-state index in [1.165, 1.54) is 24.0 Å². The van der Waals surface area contributed by atoms with Crippen LogP contribution in [0.1, 0.15) is 58.6 Å². The second-order valence-corrected chi connectivity index (χ2v) is 7.94. The lowest BCUT2D eigenvalue weighted by atomic mass is 9.89. The first-order valence-electron chi connectivity index (χ1n) is 10.6. The van der Waals surface area contributed by atoms with Crippen LogP contribution in [0.5, 0.6) is 0 Å². The van der Waals surface area contributed by atoms with Gasteiger partial charge in [-0.25, -0.2) is 4.79 Å². The fraction of sp³-hybridized carbons (Fsp3) is 0.360. The molecule has 0 aliphatic heterocycles. The number of hydrogen-bond acceptors (Lipinski definition) is 5. The quantitative estimate of drug-likeness (QED) is 0.569. The van der Waals surface area contributed by atoms with Gasteiger partial charge in [-0.2, -0.15) is 0 Å². The van der Waals surface area contributed by atoms with E-state index in [2.05, 4.69) is 23.5 Å². The summed E-state index contributed by atoms with van der Waals surface area (Å²) in [5.41, 5.74) is 5.02. The first-order valence-corrected chi connectivity index (χ1v) is 10.6. The smallest absolute Gasteiger partial charge is 0.375 e. The predicted molar refractivity (Wildman–Crippen MR) is 117 cm³/mol. The van der Waals surface area contributed by atoms with E-state index in [4.69, 9.17) is 13.9 Å². The number of amides is 1. The largest absolute Gasteiger partial charge is 0.450 e. The van der Waals surface area contributed by atoms with E-state index in [9.17, 15) is 9.59 Å². The molecule has 0 unspecified atom stereocenters. The molecule has 2 aromatic carbocycles. The summed E-state index contributed by atoms with van der Waals surface area (Å²) in [6, 6.07) is 13.5. The molecule has 3 aromatic rings. The lowest BCUT2D eigenvalue weighted by Crippen LogP contribution is -2.31. The molecule has 0 spiro atoms. The van der Waals surface area contributed by atoms with Crippen LogP contribution in [-0.2, 0) is 33.7 Å². The molecular formula is C25H27NO5. The molecule has 1 aliphatic rings. The normalized spacial score (nSPS) is 14.1. The lowest BCUT2D eigenvalue weighted by molar-refractivity contribution is -0.124. The SMILES string of the molecule is COCc1c(C(=O)OCC(=O)N[C@H](C)c2ccc3c(c2)CCCC3)oc2ccccc12. The molecule has 162 valence electrons. The van der Waals surface area contributed by atoms with Crippen LogP contribution >= 0.6 is 0 Å². The van der Waals surface area contributed by atoms with Crippen molar-refractivity contribution in [2.75, 3.05) is 13.7 Å². The summed E-state index contributed by atoms with van der Waals surface area (Å²) in [5, 5.41) is 3.70. The van der Waals surface area contributed by atoms with Gasteiger partial charge in [0.25, 0.3) is 5.91 Å². The molecule has 6 heteroatoms. The fourth-order valence-corrected chi connectivity index (χ4v) is 4.14. The van der Waals surface area contributed by atoms with Gasteiger partial charge in [0, 0.05) is 18.1 Å². The third kappa shape index (κ3) is 4.64. The second-order valence-electron chi connectivity index (χ2n) is 7.94. The van der Waals surface area contributed by atoms with Crippen LogP contribution in [0.25, 0.3) is 11.0 Å². The Kier molecular flexibility index (Phi) is 6.37. The molecule has 4 rings (SSSR count). The van der Waals surface area contributed by atoms with Crippen molar-refractivity contribution in [2.45, 2.75) is 45.3 Å². The number of para-hydroxylation sites is 1. The van der Waals surface area contributed by atoms with E-state index in [1.807, 2.05) is 25.1 Å². The minimum absolute atomic E-state index is 0.0681. The van der Waals surface area contributed by atoms with E-state index >= 15 is 0 Å². The summed E-state index contributed by atoms with van der Waals surface area (Å²) in [7, 11) is 1.55. The molecular weight excluding hydrogens is 394 g/mol. The van der Waals surface area contributed by atoms with Gasteiger partial charge in [-0.05, 0) is 55.4 Å². The van der Waals surface area contributed by atoms with Crippen molar-refractivity contribution in [3.05, 3.63) is 70.5 Å². The van der Waals surface area contributed by atoms with Gasteiger partial charge >= 0.3 is 5.97 Å². The van der Waals surface area contributed by atoms with Gasteiger partial charge in [0.2, 0.25) is 5.76 Å². The first-order chi connectivity index (χ1) is 15.1. The van der Waals surface area contributed by atoms with E-state index in [1.54, 1.807) is 13.2 Å². The number of aryl methyl sites for hydroxylation is 2. The molecule has 1 N–H and O–H groups in total. The standard InChI is InChI=1S/C25H27NO5/c1-16(18-12-11-17-7-3-4-8-19(17)13-18)26-23(27)15-30-25(28)24-21(14-29-2)20-9-5-6-10-22(20)31-24/h5-6,9-13,16H,3-4,7-8,14-15H2,1-2H3,(H,26,27)/t16-/m1/s1. The first kappa shape index (κ1) is 21.1. The Balaban J connectivity index is 1.38. The highest BCUT2D eigenvalue weighted by Gasteiger charge is 2.23. The van der Waals surface area contributed by atoms with Crippen molar-refractivity contribution in [3.8, 4) is 0 Å². The Morgan fingerprint density at radius 1 is 1.10 bits per heavy atom. The van der Waals surface area contributed by atoms with Gasteiger partial charge in [-0.3, -0.25) is 4.79 Å². The number of methoxy groups -OCH3 is 1. The zero-order valence-corrected chi connectivity index (χ0v) is 17.9. The number of fused-ring (bicyclic) bond motifs is 2. The number of rotatable bonds is 7. The van der Waals surface area contributed by atoms with E-state index < -0.39 is 5.97 Å². The van der Waals surface area contributed by atoms with Gasteiger partial charge in [0.15, 0.2) is 6.61 Å². The number of hydrogen-bond donors (Lipinski definition) is 1. The maximum Gasteiger partial charge on any atom is 0.375 e. The Morgan fingerprint density at radius 3 is 2.68 bits per heavy atom. The maximum atomic E-state index is 12.6. The number of carbonyl (C=O) groups is 2. The minimum atomic E-state index is -0.681. The fourth-order valence-electron chi connectivity index (χ4n) is 4.14. The number of nitrogens with one attached hydrogen (secondary N) is 1. The van der Waals surface area contributed by atoms with Crippen molar-refractivity contribution in [1.82, 2.24) is 5.32 Å². The topological polar surface area (TPSA) is 77.8 Å². The molecule has 1 heterocycles. The minimum Gasteiger partial charge on any atom is -0.450 e. The van der Waals surface area contributed by atoms with Gasteiger partial charge in [0.1, 0.15) is 5.58 Å². The number of carbonyl (C=O) groups excluding carboxylic acids is 2. The molecule has 31 heavy (non-hydrogen) atoms. The Bertz CT molecular complexity index is 1100. The van der Waals surface area contributed by atoms with Crippen LogP contribution < -0.4 is 5.32 Å². The number of furan rings is 1. The summed E-state index contributed by atoms with van der Waals surface area (Å²) < 4.78 is 16.1. The van der Waals surface area contributed by atoms with Gasteiger partial charge in [-0.1, -0.05) is 36.4 Å². The van der Waals surface area contributed by atoms with Crippen LogP contribution in [0.4, 0.5) is 0 Å². The van der Waals surface area contributed by atoms with Crippen molar-refractivity contribution in [2.24, 2.45) is 0 Å². The van der Waals surface area contributed by atoms with Crippen molar-refractivity contribution in [1.29, 1.82) is 0 Å². The molecule has 0 saturated carbocycles. The molecule has 6 nitrogen and oxygen atoms in total. The molecule has 1 amide bonds. The van der Waals surface area contributed by atoms with Crippen LogP contribution in [0.3, 0.4) is 0 Å². The Labute approximate surface area is 181 Å². The summed E-state index contributed by atoms with van der Waals surface area (Å²) >= 11 is 0. The van der Waals surface area contributed by atoms with Gasteiger partial charge in [0.05, 0.1) is 12.6 Å². The third-order valence-electron chi connectivity index (χ3n) is 5.76. The molecule has 0 radical (unpaired) electrons. The third-order valence-corrected chi connectivity index (χ3v) is 5.76. The van der Waals surface area contributed by atoms with Crippen LogP contribution in [-0.4, -0.2) is 25.6 Å². The summed E-state index contributed by atoms with van der Waals surface area (Å²) in [6.45, 7) is 1.76. The Morgan fingerprint density at radius 2 is 1.87 bits per heavy atom. The van der Waals surface area contributed by atoms with E-state index in [0.29, 0.717) is 11.1 Å². The molecule has 1 aromatic heterocycles. The molecule has 1 atom stereocenters. The van der Waals surface area contributed by atoms with Crippen LogP contribution in [0, 0.1) is 0 Å². The summed E-state index contributed by atoms with van der Waals surface area (Å²) in [4.78, 5) is 25.0. The van der Waals surface area contributed by atoms with Crippen molar-refractivity contribution < 1.29 is 23.5 Å². The zero-order chi connectivity index (χ0) is 21.8. The highest BCUT2D eigenvalue weighted by Crippen LogP contribution is 2.27. The lowest BCUT2D eigenvalue weighted by Gasteiger charge is -2.20. The zero-order valence-electron chi connectivity index (χ0n) is 17.9. The number of esters is 1. The number of benzene rings is 2. The molecule has 0 saturated heterocycles. The number of ether oxygens (including phenoxy) is 2. The van der Waals surface area contributed by atoms with Gasteiger partial charge < -0.3 is 19.2 Å². The highest BCUT2D eigenvalue weighted by molar-refractivity contribution is 5.96. The molecule has 0 fully saturated rings. The Hall–Kier alpha value is -3.12. The predicted octanol–water partition coefficient (Wildman–Crippen LogP) is 4.49. The van der Waals surface area contributed by atoms with Gasteiger partial charge in [-0.15, -0.1) is 0 Å². The van der Waals surface area contributed by atoms with Crippen LogP contribution in [0.2, 0.25) is 0 Å². The van der Waals surface area contributed by atoms with E-state index in [0.717, 1.165) is 23.8 Å². The van der Waals surface area contributed by atoms with E-state index in [-0.39, 0.29) is 30.9 Å². The molecule has 1 aliphatic carbocycles. The van der Waals surface area contributed by atoms with Crippen LogP contribution in [0.15, 0.2) is 46.9 Å². The average molecular weight is 421 g/mol. The highest BCUT2D eigenvalue weighted by atomic mass is 16.5. The monoisotopic (exact) mass is 421 g/mol. The maximum absolute atomic E-state index is 12.6. The summed E-state index contributed by atoms with van der Waals surface area (Å²) in [5.74, 6) is -0.971. The second kappa shape index (κ2) is 9.35. The summed E-state index contributed by atoms with van der Waals surface area (Å²) in [6.07, 6.45) is 4.66. The van der Waals surface area contributed by atoms with Crippen molar-refractivity contribution >= 4 is 22.8 Å².